The molecule has 1 saturated carbocycles. The number of rotatable bonds is 5. The van der Waals surface area contributed by atoms with Gasteiger partial charge in [-0.05, 0) is 43.4 Å². The Morgan fingerprint density at radius 1 is 1.19 bits per heavy atom. The SMILES string of the molecule is CN=C(NCC1(c2cccc(OC)c2)CCCC1)N1CCN(C(=O)C2CCCO2)CC1. The summed E-state index contributed by atoms with van der Waals surface area (Å²) in [5.74, 6) is 2.00. The first-order chi connectivity index (χ1) is 15.1. The Hall–Kier alpha value is -2.28. The van der Waals surface area contributed by atoms with Crippen molar-refractivity contribution in [2.45, 2.75) is 50.0 Å². The van der Waals surface area contributed by atoms with E-state index in [1.807, 2.05) is 18.0 Å². The van der Waals surface area contributed by atoms with Crippen LogP contribution in [0.4, 0.5) is 0 Å². The van der Waals surface area contributed by atoms with Crippen LogP contribution in [-0.2, 0) is 14.9 Å². The van der Waals surface area contributed by atoms with Crippen LogP contribution in [-0.4, -0.2) is 81.3 Å². The molecule has 3 fully saturated rings. The molecule has 7 nitrogen and oxygen atoms in total. The normalized spacial score (nSPS) is 23.8. The molecule has 1 aliphatic carbocycles. The van der Waals surface area contributed by atoms with E-state index in [4.69, 9.17) is 9.47 Å². The van der Waals surface area contributed by atoms with Crippen LogP contribution < -0.4 is 10.1 Å². The number of amides is 1. The molecule has 1 aromatic carbocycles. The number of nitrogens with one attached hydrogen (secondary N) is 1. The Labute approximate surface area is 185 Å². The average molecular weight is 429 g/mol. The second-order valence-electron chi connectivity index (χ2n) is 8.93. The van der Waals surface area contributed by atoms with E-state index in [-0.39, 0.29) is 17.4 Å². The third kappa shape index (κ3) is 4.81. The van der Waals surface area contributed by atoms with Gasteiger partial charge >= 0.3 is 0 Å². The molecule has 1 unspecified atom stereocenters. The molecule has 2 heterocycles. The Morgan fingerprint density at radius 3 is 2.58 bits per heavy atom. The minimum Gasteiger partial charge on any atom is -0.497 e. The predicted octanol–water partition coefficient (Wildman–Crippen LogP) is 2.41. The number of guanidine groups is 1. The number of carbonyl (C=O) groups excluding carboxylic acids is 1. The van der Waals surface area contributed by atoms with Crippen molar-refractivity contribution in [1.29, 1.82) is 0 Å². The Morgan fingerprint density at radius 2 is 1.94 bits per heavy atom. The number of methoxy groups -OCH3 is 1. The Bertz CT molecular complexity index is 777. The van der Waals surface area contributed by atoms with E-state index in [0.29, 0.717) is 6.61 Å². The highest BCUT2D eigenvalue weighted by Crippen LogP contribution is 2.41. The molecular formula is C24H36N4O3. The molecule has 0 bridgehead atoms. The van der Waals surface area contributed by atoms with Gasteiger partial charge in [0.15, 0.2) is 5.96 Å². The lowest BCUT2D eigenvalue weighted by Crippen LogP contribution is -2.56. The maximum Gasteiger partial charge on any atom is 0.251 e. The fraction of sp³-hybridized carbons (Fsp3) is 0.667. The monoisotopic (exact) mass is 428 g/mol. The molecule has 1 N–H and O–H groups in total. The van der Waals surface area contributed by atoms with Crippen LogP contribution in [0.1, 0.15) is 44.1 Å². The van der Waals surface area contributed by atoms with Crippen LogP contribution in [0.15, 0.2) is 29.3 Å². The number of aliphatic imine (C=N–C) groups is 1. The zero-order valence-corrected chi connectivity index (χ0v) is 18.9. The molecule has 31 heavy (non-hydrogen) atoms. The smallest absolute Gasteiger partial charge is 0.251 e. The van der Waals surface area contributed by atoms with Gasteiger partial charge in [0.05, 0.1) is 7.11 Å². The van der Waals surface area contributed by atoms with E-state index >= 15 is 0 Å². The van der Waals surface area contributed by atoms with Crippen LogP contribution in [0.5, 0.6) is 5.75 Å². The minimum absolute atomic E-state index is 0.113. The zero-order chi connectivity index (χ0) is 21.7. The van der Waals surface area contributed by atoms with Crippen LogP contribution in [0.25, 0.3) is 0 Å². The molecule has 0 spiro atoms. The fourth-order valence-corrected chi connectivity index (χ4v) is 5.27. The molecular weight excluding hydrogens is 392 g/mol. The lowest BCUT2D eigenvalue weighted by Gasteiger charge is -2.38. The number of nitrogens with zero attached hydrogens (tertiary/aromatic N) is 3. The van der Waals surface area contributed by atoms with Gasteiger partial charge in [0, 0.05) is 51.8 Å². The van der Waals surface area contributed by atoms with Gasteiger partial charge in [0.1, 0.15) is 11.9 Å². The van der Waals surface area contributed by atoms with Gasteiger partial charge < -0.3 is 24.6 Å². The van der Waals surface area contributed by atoms with Crippen molar-refractivity contribution < 1.29 is 14.3 Å². The first kappa shape index (κ1) is 21.9. The quantitative estimate of drug-likeness (QED) is 0.576. The number of hydrogen-bond donors (Lipinski definition) is 1. The number of hydrogen-bond acceptors (Lipinski definition) is 4. The summed E-state index contributed by atoms with van der Waals surface area (Å²) in [5, 5.41) is 3.66. The van der Waals surface area contributed by atoms with Crippen LogP contribution >= 0.6 is 0 Å². The van der Waals surface area contributed by atoms with Gasteiger partial charge in [-0.1, -0.05) is 25.0 Å². The van der Waals surface area contributed by atoms with E-state index in [9.17, 15) is 4.79 Å². The summed E-state index contributed by atoms with van der Waals surface area (Å²) >= 11 is 0. The van der Waals surface area contributed by atoms with E-state index in [1.54, 1.807) is 7.11 Å². The van der Waals surface area contributed by atoms with Gasteiger partial charge in [0.25, 0.3) is 5.91 Å². The lowest BCUT2D eigenvalue weighted by molar-refractivity contribution is -0.142. The first-order valence-electron chi connectivity index (χ1n) is 11.7. The summed E-state index contributed by atoms with van der Waals surface area (Å²) in [7, 11) is 3.57. The van der Waals surface area contributed by atoms with Crippen LogP contribution in [0, 0.1) is 0 Å². The van der Waals surface area contributed by atoms with Crippen molar-refractivity contribution in [3.05, 3.63) is 29.8 Å². The van der Waals surface area contributed by atoms with Crippen molar-refractivity contribution in [3.63, 3.8) is 0 Å². The molecule has 4 rings (SSSR count). The van der Waals surface area contributed by atoms with E-state index in [0.717, 1.165) is 57.3 Å². The number of piperazine rings is 1. The molecule has 2 aliphatic heterocycles. The summed E-state index contributed by atoms with van der Waals surface area (Å²) in [5.41, 5.74) is 1.46. The van der Waals surface area contributed by atoms with Gasteiger partial charge in [-0.15, -0.1) is 0 Å². The first-order valence-corrected chi connectivity index (χ1v) is 11.7. The van der Waals surface area contributed by atoms with Crippen LogP contribution in [0.3, 0.4) is 0 Å². The zero-order valence-electron chi connectivity index (χ0n) is 18.9. The molecule has 1 atom stereocenters. The molecule has 2 saturated heterocycles. The van der Waals surface area contributed by atoms with Crippen molar-refractivity contribution in [1.82, 2.24) is 15.1 Å². The summed E-state index contributed by atoms with van der Waals surface area (Å²) < 4.78 is 11.1. The second kappa shape index (κ2) is 9.90. The number of ether oxygens (including phenoxy) is 2. The van der Waals surface area contributed by atoms with Crippen LogP contribution in [0.2, 0.25) is 0 Å². The maximum absolute atomic E-state index is 12.6. The fourth-order valence-electron chi connectivity index (χ4n) is 5.27. The van der Waals surface area contributed by atoms with Crippen molar-refractivity contribution in [2.75, 3.05) is 53.5 Å². The molecule has 1 aromatic rings. The van der Waals surface area contributed by atoms with Gasteiger partial charge in [-0.3, -0.25) is 9.79 Å². The third-order valence-corrected chi connectivity index (χ3v) is 7.14. The molecule has 0 aromatic heterocycles. The summed E-state index contributed by atoms with van der Waals surface area (Å²) in [6.45, 7) is 4.61. The lowest BCUT2D eigenvalue weighted by atomic mass is 9.78. The highest BCUT2D eigenvalue weighted by atomic mass is 16.5. The summed E-state index contributed by atoms with van der Waals surface area (Å²) in [6, 6.07) is 8.52. The highest BCUT2D eigenvalue weighted by Gasteiger charge is 2.37. The molecule has 7 heteroatoms. The number of benzene rings is 1. The van der Waals surface area contributed by atoms with E-state index in [2.05, 4.69) is 33.4 Å². The van der Waals surface area contributed by atoms with Gasteiger partial charge in [0.2, 0.25) is 0 Å². The van der Waals surface area contributed by atoms with E-state index in [1.165, 1.54) is 31.2 Å². The van der Waals surface area contributed by atoms with Crippen molar-refractivity contribution in [3.8, 4) is 5.75 Å². The van der Waals surface area contributed by atoms with E-state index < -0.39 is 0 Å². The van der Waals surface area contributed by atoms with Crippen molar-refractivity contribution >= 4 is 11.9 Å². The molecule has 3 aliphatic rings. The average Bonchev–Trinajstić information content (AvgIpc) is 3.53. The minimum atomic E-state index is -0.228. The second-order valence-corrected chi connectivity index (χ2v) is 8.93. The predicted molar refractivity (Wildman–Crippen MR) is 122 cm³/mol. The Kier molecular flexibility index (Phi) is 7.00. The van der Waals surface area contributed by atoms with Gasteiger partial charge in [-0.25, -0.2) is 0 Å². The summed E-state index contributed by atoms with van der Waals surface area (Å²) in [4.78, 5) is 21.4. The topological polar surface area (TPSA) is 66.4 Å². The maximum atomic E-state index is 12.6. The number of carbonyl (C=O) groups is 1. The highest BCUT2D eigenvalue weighted by molar-refractivity contribution is 5.83. The molecule has 0 radical (unpaired) electrons. The summed E-state index contributed by atoms with van der Waals surface area (Å²) in [6.07, 6.45) is 6.47. The largest absolute Gasteiger partial charge is 0.497 e. The molecule has 1 amide bonds. The third-order valence-electron chi connectivity index (χ3n) is 7.14. The Balaban J connectivity index is 1.36. The van der Waals surface area contributed by atoms with Crippen molar-refractivity contribution in [2.24, 2.45) is 4.99 Å². The standard InChI is InChI=1S/C24H36N4O3/c1-25-23(28-14-12-27(13-15-28)22(29)21-9-6-16-31-21)26-18-24(10-3-4-11-24)19-7-5-8-20(17-19)30-2/h5,7-8,17,21H,3-4,6,9-16,18H2,1-2H3,(H,25,26). The molecule has 170 valence electrons. The van der Waals surface area contributed by atoms with Gasteiger partial charge in [-0.2, -0.15) is 0 Å².